The molecule has 0 radical (unpaired) electrons. The smallest absolute Gasteiger partial charge is 0.243 e. The first-order valence-corrected chi connectivity index (χ1v) is 8.44. The third-order valence-corrected chi connectivity index (χ3v) is 4.03. The summed E-state index contributed by atoms with van der Waals surface area (Å²) in [4.78, 5) is 25.6. The highest BCUT2D eigenvalue weighted by molar-refractivity contribution is 6.32. The molecule has 0 heterocycles. The summed E-state index contributed by atoms with van der Waals surface area (Å²) in [5, 5.41) is 6.20. The van der Waals surface area contributed by atoms with Crippen molar-refractivity contribution in [3.63, 3.8) is 0 Å². The number of aryl methyl sites for hydroxylation is 1. The summed E-state index contributed by atoms with van der Waals surface area (Å²) in [6.45, 7) is 2.00. The largest absolute Gasteiger partial charge is 0.495 e. The van der Waals surface area contributed by atoms with Gasteiger partial charge in [-0.2, -0.15) is 0 Å². The first kappa shape index (κ1) is 19.6. The zero-order valence-corrected chi connectivity index (χ0v) is 15.8. The highest BCUT2D eigenvalue weighted by Gasteiger charge is 2.13. The SMILES string of the molecule is COc1ccc(NCC(=O)N(C)CC(=O)Nc2ccc(C)cc2)cc1Cl. The van der Waals surface area contributed by atoms with Crippen molar-refractivity contribution in [2.45, 2.75) is 6.92 Å². The number of benzene rings is 2. The molecule has 2 N–H and O–H groups in total. The molecule has 2 aromatic carbocycles. The molecule has 0 spiro atoms. The van der Waals surface area contributed by atoms with Crippen LogP contribution in [0.2, 0.25) is 5.02 Å². The lowest BCUT2D eigenvalue weighted by atomic mass is 10.2. The maximum Gasteiger partial charge on any atom is 0.243 e. The third-order valence-electron chi connectivity index (χ3n) is 3.74. The fourth-order valence-corrected chi connectivity index (χ4v) is 2.49. The molecule has 2 aromatic rings. The fraction of sp³-hybridized carbons (Fsp3) is 0.263. The van der Waals surface area contributed by atoms with Crippen LogP contribution < -0.4 is 15.4 Å². The van der Waals surface area contributed by atoms with Gasteiger partial charge in [0.1, 0.15) is 5.75 Å². The van der Waals surface area contributed by atoms with E-state index in [1.165, 1.54) is 12.0 Å². The van der Waals surface area contributed by atoms with Crippen LogP contribution in [0.3, 0.4) is 0 Å². The van der Waals surface area contributed by atoms with E-state index < -0.39 is 0 Å². The molecule has 0 fully saturated rings. The number of anilines is 2. The minimum absolute atomic E-state index is 0.0300. The number of nitrogens with zero attached hydrogens (tertiary/aromatic N) is 1. The fourth-order valence-electron chi connectivity index (χ4n) is 2.23. The second kappa shape index (κ2) is 9.10. The van der Waals surface area contributed by atoms with Gasteiger partial charge < -0.3 is 20.3 Å². The van der Waals surface area contributed by atoms with Crippen molar-refractivity contribution in [3.05, 3.63) is 53.1 Å². The number of ether oxygens (including phenoxy) is 1. The highest BCUT2D eigenvalue weighted by atomic mass is 35.5. The Bertz CT molecular complexity index is 778. The number of hydrogen-bond acceptors (Lipinski definition) is 4. The summed E-state index contributed by atoms with van der Waals surface area (Å²) in [6.07, 6.45) is 0. The molecule has 0 aliphatic heterocycles. The van der Waals surface area contributed by atoms with Gasteiger partial charge in [0.05, 0.1) is 25.2 Å². The summed E-state index contributed by atoms with van der Waals surface area (Å²) in [7, 11) is 3.12. The summed E-state index contributed by atoms with van der Waals surface area (Å²) in [5.41, 5.74) is 2.51. The van der Waals surface area contributed by atoms with E-state index in [4.69, 9.17) is 16.3 Å². The van der Waals surface area contributed by atoms with Crippen LogP contribution in [0.4, 0.5) is 11.4 Å². The number of carbonyl (C=O) groups excluding carboxylic acids is 2. The average molecular weight is 376 g/mol. The maximum atomic E-state index is 12.2. The van der Waals surface area contributed by atoms with Gasteiger partial charge in [-0.05, 0) is 37.3 Å². The number of hydrogen-bond donors (Lipinski definition) is 2. The zero-order chi connectivity index (χ0) is 19.1. The number of likely N-dealkylation sites (N-methyl/N-ethyl adjacent to an activating group) is 1. The van der Waals surface area contributed by atoms with Crippen LogP contribution in [0.1, 0.15) is 5.56 Å². The molecule has 0 atom stereocenters. The quantitative estimate of drug-likeness (QED) is 0.779. The number of halogens is 1. The van der Waals surface area contributed by atoms with Crippen molar-refractivity contribution in [2.24, 2.45) is 0 Å². The Kier molecular flexibility index (Phi) is 6.86. The standard InChI is InChI=1S/C19H22ClN3O3/c1-13-4-6-14(7-5-13)22-18(24)12-23(2)19(25)11-21-15-8-9-17(26-3)16(20)10-15/h4-10,21H,11-12H2,1-3H3,(H,22,24). The normalized spacial score (nSPS) is 10.2. The van der Waals surface area contributed by atoms with Crippen LogP contribution in [-0.2, 0) is 9.59 Å². The van der Waals surface area contributed by atoms with Gasteiger partial charge >= 0.3 is 0 Å². The highest BCUT2D eigenvalue weighted by Crippen LogP contribution is 2.27. The molecule has 0 saturated carbocycles. The Morgan fingerprint density at radius 1 is 1.12 bits per heavy atom. The molecule has 26 heavy (non-hydrogen) atoms. The molecule has 138 valence electrons. The van der Waals surface area contributed by atoms with E-state index in [1.54, 1.807) is 25.2 Å². The van der Waals surface area contributed by atoms with E-state index in [0.29, 0.717) is 22.1 Å². The van der Waals surface area contributed by atoms with Crippen molar-refractivity contribution in [2.75, 3.05) is 37.9 Å². The maximum absolute atomic E-state index is 12.2. The van der Waals surface area contributed by atoms with Crippen LogP contribution >= 0.6 is 11.6 Å². The minimum atomic E-state index is -0.253. The van der Waals surface area contributed by atoms with E-state index in [9.17, 15) is 9.59 Å². The second-order valence-electron chi connectivity index (χ2n) is 5.87. The number of methoxy groups -OCH3 is 1. The number of carbonyl (C=O) groups is 2. The average Bonchev–Trinajstić information content (AvgIpc) is 2.61. The van der Waals surface area contributed by atoms with E-state index in [2.05, 4.69) is 10.6 Å². The molecular weight excluding hydrogens is 354 g/mol. The molecule has 0 aliphatic rings. The molecule has 0 unspecified atom stereocenters. The molecule has 0 aromatic heterocycles. The lowest BCUT2D eigenvalue weighted by molar-refractivity contribution is -0.131. The Hall–Kier alpha value is -2.73. The van der Waals surface area contributed by atoms with Crippen LogP contribution in [0, 0.1) is 6.92 Å². The van der Waals surface area contributed by atoms with Gasteiger partial charge in [-0.15, -0.1) is 0 Å². The van der Waals surface area contributed by atoms with E-state index in [0.717, 1.165) is 5.56 Å². The summed E-state index contributed by atoms with van der Waals surface area (Å²) in [6, 6.07) is 12.6. The molecule has 0 saturated heterocycles. The summed E-state index contributed by atoms with van der Waals surface area (Å²) < 4.78 is 5.08. The molecule has 0 bridgehead atoms. The lowest BCUT2D eigenvalue weighted by Gasteiger charge is -2.18. The van der Waals surface area contributed by atoms with Crippen molar-refractivity contribution in [1.82, 2.24) is 4.90 Å². The topological polar surface area (TPSA) is 70.7 Å². The third kappa shape index (κ3) is 5.67. The monoisotopic (exact) mass is 375 g/mol. The van der Waals surface area contributed by atoms with Crippen molar-refractivity contribution < 1.29 is 14.3 Å². The van der Waals surface area contributed by atoms with Gasteiger partial charge in [-0.25, -0.2) is 0 Å². The van der Waals surface area contributed by atoms with Crippen molar-refractivity contribution >= 4 is 34.8 Å². The van der Waals surface area contributed by atoms with Gasteiger partial charge in [0.25, 0.3) is 0 Å². The second-order valence-corrected chi connectivity index (χ2v) is 6.27. The number of amides is 2. The van der Waals surface area contributed by atoms with Gasteiger partial charge in [-0.1, -0.05) is 29.3 Å². The Balaban J connectivity index is 1.82. The van der Waals surface area contributed by atoms with Gasteiger partial charge in [-0.3, -0.25) is 9.59 Å². The molecule has 2 rings (SSSR count). The van der Waals surface area contributed by atoms with E-state index >= 15 is 0 Å². The van der Waals surface area contributed by atoms with Gasteiger partial charge in [0, 0.05) is 18.4 Å². The van der Waals surface area contributed by atoms with Crippen LogP contribution in [0.25, 0.3) is 0 Å². The first-order valence-electron chi connectivity index (χ1n) is 8.07. The molecule has 2 amide bonds. The number of nitrogens with one attached hydrogen (secondary N) is 2. The van der Waals surface area contributed by atoms with Crippen molar-refractivity contribution in [1.29, 1.82) is 0 Å². The Labute approximate surface area is 158 Å². The Morgan fingerprint density at radius 2 is 1.77 bits per heavy atom. The first-order chi connectivity index (χ1) is 12.4. The Morgan fingerprint density at radius 3 is 2.38 bits per heavy atom. The lowest BCUT2D eigenvalue weighted by Crippen LogP contribution is -2.38. The molecule has 6 nitrogen and oxygen atoms in total. The summed E-state index contributed by atoms with van der Waals surface area (Å²) >= 11 is 6.05. The van der Waals surface area contributed by atoms with E-state index in [-0.39, 0.29) is 24.9 Å². The molecule has 0 aliphatic carbocycles. The van der Waals surface area contributed by atoms with Gasteiger partial charge in [0.2, 0.25) is 11.8 Å². The van der Waals surface area contributed by atoms with Gasteiger partial charge in [0.15, 0.2) is 0 Å². The number of rotatable bonds is 7. The minimum Gasteiger partial charge on any atom is -0.495 e. The predicted molar refractivity (Wildman–Crippen MR) is 104 cm³/mol. The zero-order valence-electron chi connectivity index (χ0n) is 15.0. The van der Waals surface area contributed by atoms with Crippen LogP contribution in [0.5, 0.6) is 5.75 Å². The van der Waals surface area contributed by atoms with Crippen LogP contribution in [-0.4, -0.2) is 44.0 Å². The van der Waals surface area contributed by atoms with Crippen LogP contribution in [0.15, 0.2) is 42.5 Å². The predicted octanol–water partition coefficient (Wildman–Crippen LogP) is 3.17. The summed E-state index contributed by atoms with van der Waals surface area (Å²) in [5.74, 6) is 0.0987. The van der Waals surface area contributed by atoms with E-state index in [1.807, 2.05) is 31.2 Å². The molecule has 7 heteroatoms. The van der Waals surface area contributed by atoms with Crippen molar-refractivity contribution in [3.8, 4) is 5.75 Å². The molecular formula is C19H22ClN3O3.